The standard InChI is InChI=1S/C10H11ClN2OS/c11-9-2-1-8(7-12-9)10(14)13-3-5-15-6-4-13/h1-2,7H,3-6H2. The highest BCUT2D eigenvalue weighted by Crippen LogP contribution is 2.13. The van der Waals surface area contributed by atoms with Gasteiger partial charge in [-0.2, -0.15) is 11.8 Å². The number of halogens is 1. The minimum absolute atomic E-state index is 0.0551. The van der Waals surface area contributed by atoms with Crippen LogP contribution in [-0.2, 0) is 0 Å². The van der Waals surface area contributed by atoms with Crippen molar-refractivity contribution < 1.29 is 4.79 Å². The zero-order chi connectivity index (χ0) is 10.7. The lowest BCUT2D eigenvalue weighted by Crippen LogP contribution is -2.37. The van der Waals surface area contributed by atoms with Crippen molar-refractivity contribution in [3.8, 4) is 0 Å². The van der Waals surface area contributed by atoms with Crippen molar-refractivity contribution in [2.45, 2.75) is 0 Å². The van der Waals surface area contributed by atoms with E-state index in [9.17, 15) is 4.79 Å². The van der Waals surface area contributed by atoms with Crippen molar-refractivity contribution in [2.24, 2.45) is 0 Å². The minimum atomic E-state index is 0.0551. The van der Waals surface area contributed by atoms with Crippen molar-refractivity contribution >= 4 is 29.3 Å². The van der Waals surface area contributed by atoms with Crippen LogP contribution in [0.15, 0.2) is 18.3 Å². The Balaban J connectivity index is 2.09. The van der Waals surface area contributed by atoms with Crippen LogP contribution in [0.1, 0.15) is 10.4 Å². The molecule has 1 saturated heterocycles. The van der Waals surface area contributed by atoms with Gasteiger partial charge >= 0.3 is 0 Å². The molecular weight excluding hydrogens is 232 g/mol. The molecule has 1 aromatic rings. The van der Waals surface area contributed by atoms with Gasteiger partial charge in [0.1, 0.15) is 5.15 Å². The van der Waals surface area contributed by atoms with Crippen LogP contribution in [0.4, 0.5) is 0 Å². The van der Waals surface area contributed by atoms with Crippen LogP contribution < -0.4 is 0 Å². The molecule has 0 bridgehead atoms. The monoisotopic (exact) mass is 242 g/mol. The van der Waals surface area contributed by atoms with Crippen LogP contribution in [0.25, 0.3) is 0 Å². The van der Waals surface area contributed by atoms with Gasteiger partial charge in [-0.1, -0.05) is 11.6 Å². The average Bonchev–Trinajstić information content (AvgIpc) is 2.30. The molecule has 0 N–H and O–H groups in total. The molecule has 1 aliphatic rings. The van der Waals surface area contributed by atoms with Gasteiger partial charge < -0.3 is 4.90 Å². The molecule has 1 aliphatic heterocycles. The maximum Gasteiger partial charge on any atom is 0.255 e. The predicted molar refractivity (Wildman–Crippen MR) is 62.5 cm³/mol. The number of hydrogen-bond donors (Lipinski definition) is 0. The predicted octanol–water partition coefficient (Wildman–Crippen LogP) is 1.92. The molecule has 0 radical (unpaired) electrons. The number of rotatable bonds is 1. The Kier molecular flexibility index (Phi) is 3.49. The van der Waals surface area contributed by atoms with Gasteiger partial charge in [0.25, 0.3) is 5.91 Å². The van der Waals surface area contributed by atoms with Crippen molar-refractivity contribution in [1.82, 2.24) is 9.88 Å². The first-order chi connectivity index (χ1) is 7.27. The third kappa shape index (κ3) is 2.63. The zero-order valence-electron chi connectivity index (χ0n) is 8.15. The van der Waals surface area contributed by atoms with Crippen LogP contribution in [0.2, 0.25) is 5.15 Å². The normalized spacial score (nSPS) is 16.5. The van der Waals surface area contributed by atoms with Crippen LogP contribution in [0.3, 0.4) is 0 Å². The number of nitrogens with zero attached hydrogens (tertiary/aromatic N) is 2. The number of carbonyl (C=O) groups is 1. The van der Waals surface area contributed by atoms with Crippen molar-refractivity contribution in [2.75, 3.05) is 24.6 Å². The van der Waals surface area contributed by atoms with E-state index in [1.165, 1.54) is 6.20 Å². The van der Waals surface area contributed by atoms with E-state index >= 15 is 0 Å². The Morgan fingerprint density at radius 1 is 1.40 bits per heavy atom. The molecule has 0 spiro atoms. The fraction of sp³-hybridized carbons (Fsp3) is 0.400. The van der Waals surface area contributed by atoms with Crippen LogP contribution in [0.5, 0.6) is 0 Å². The molecule has 15 heavy (non-hydrogen) atoms. The summed E-state index contributed by atoms with van der Waals surface area (Å²) < 4.78 is 0. The van der Waals surface area contributed by atoms with E-state index in [1.54, 1.807) is 12.1 Å². The molecule has 0 unspecified atom stereocenters. The largest absolute Gasteiger partial charge is 0.337 e. The molecular formula is C10H11ClN2OS. The smallest absolute Gasteiger partial charge is 0.255 e. The summed E-state index contributed by atoms with van der Waals surface area (Å²) in [5.41, 5.74) is 0.617. The Morgan fingerprint density at radius 3 is 2.73 bits per heavy atom. The van der Waals surface area contributed by atoms with Crippen LogP contribution in [-0.4, -0.2) is 40.4 Å². The molecule has 0 aromatic carbocycles. The maximum atomic E-state index is 11.9. The molecule has 2 heterocycles. The van der Waals surface area contributed by atoms with Gasteiger partial charge in [-0.15, -0.1) is 0 Å². The van der Waals surface area contributed by atoms with Gasteiger partial charge in [0.2, 0.25) is 0 Å². The molecule has 0 atom stereocenters. The molecule has 1 fully saturated rings. The fourth-order valence-electron chi connectivity index (χ4n) is 1.45. The quantitative estimate of drug-likeness (QED) is 0.706. The van der Waals surface area contributed by atoms with Crippen molar-refractivity contribution in [3.05, 3.63) is 29.0 Å². The second kappa shape index (κ2) is 4.86. The Bertz CT molecular complexity index is 349. The lowest BCUT2D eigenvalue weighted by Gasteiger charge is -2.26. The highest BCUT2D eigenvalue weighted by atomic mass is 35.5. The van der Waals surface area contributed by atoms with Gasteiger partial charge in [-0.25, -0.2) is 4.98 Å². The number of amides is 1. The molecule has 1 amide bonds. The van der Waals surface area contributed by atoms with E-state index < -0.39 is 0 Å². The van der Waals surface area contributed by atoms with Gasteiger partial charge in [0.05, 0.1) is 5.56 Å². The first-order valence-corrected chi connectivity index (χ1v) is 6.29. The number of carbonyl (C=O) groups excluding carboxylic acids is 1. The van der Waals surface area contributed by atoms with Gasteiger partial charge in [0, 0.05) is 30.8 Å². The summed E-state index contributed by atoms with van der Waals surface area (Å²) in [5, 5.41) is 0.417. The molecule has 1 aromatic heterocycles. The van der Waals surface area contributed by atoms with Crippen LogP contribution in [0, 0.1) is 0 Å². The molecule has 2 rings (SSSR count). The van der Waals surface area contributed by atoms with E-state index in [0.717, 1.165) is 24.6 Å². The summed E-state index contributed by atoms with van der Waals surface area (Å²) in [5.74, 6) is 2.10. The van der Waals surface area contributed by atoms with E-state index in [1.807, 2.05) is 16.7 Å². The molecule has 5 heteroatoms. The van der Waals surface area contributed by atoms with Gasteiger partial charge in [-0.05, 0) is 12.1 Å². The summed E-state index contributed by atoms with van der Waals surface area (Å²) in [6.07, 6.45) is 1.53. The average molecular weight is 243 g/mol. The molecule has 80 valence electrons. The van der Waals surface area contributed by atoms with Crippen LogP contribution >= 0.6 is 23.4 Å². The summed E-state index contributed by atoms with van der Waals surface area (Å²) >= 11 is 7.55. The highest BCUT2D eigenvalue weighted by Gasteiger charge is 2.18. The minimum Gasteiger partial charge on any atom is -0.337 e. The Hall–Kier alpha value is -0.740. The second-order valence-electron chi connectivity index (χ2n) is 3.27. The molecule has 3 nitrogen and oxygen atoms in total. The SMILES string of the molecule is O=C(c1ccc(Cl)nc1)N1CCSCC1. The third-order valence-corrected chi connectivity index (χ3v) is 3.44. The highest BCUT2D eigenvalue weighted by molar-refractivity contribution is 7.99. The topological polar surface area (TPSA) is 33.2 Å². The van der Waals surface area contributed by atoms with Gasteiger partial charge in [0.15, 0.2) is 0 Å². The van der Waals surface area contributed by atoms with E-state index in [-0.39, 0.29) is 5.91 Å². The Labute approximate surface area is 97.8 Å². The second-order valence-corrected chi connectivity index (χ2v) is 4.89. The first kappa shape index (κ1) is 10.8. The summed E-state index contributed by atoms with van der Waals surface area (Å²) in [6.45, 7) is 1.65. The lowest BCUT2D eigenvalue weighted by molar-refractivity contribution is 0.0772. The third-order valence-electron chi connectivity index (χ3n) is 2.27. The summed E-state index contributed by atoms with van der Waals surface area (Å²) in [7, 11) is 0. The van der Waals surface area contributed by atoms with Gasteiger partial charge in [-0.3, -0.25) is 4.79 Å². The summed E-state index contributed by atoms with van der Waals surface area (Å²) in [6, 6.07) is 3.37. The van der Waals surface area contributed by atoms with E-state index in [4.69, 9.17) is 11.6 Å². The Morgan fingerprint density at radius 2 is 2.13 bits per heavy atom. The number of hydrogen-bond acceptors (Lipinski definition) is 3. The maximum absolute atomic E-state index is 11.9. The lowest BCUT2D eigenvalue weighted by atomic mass is 10.2. The van der Waals surface area contributed by atoms with E-state index in [0.29, 0.717) is 10.7 Å². The molecule has 0 aliphatic carbocycles. The van der Waals surface area contributed by atoms with E-state index in [2.05, 4.69) is 4.98 Å². The number of pyridine rings is 1. The first-order valence-electron chi connectivity index (χ1n) is 4.76. The zero-order valence-corrected chi connectivity index (χ0v) is 9.72. The number of thioether (sulfide) groups is 1. The van der Waals surface area contributed by atoms with Crippen molar-refractivity contribution in [1.29, 1.82) is 0 Å². The fourth-order valence-corrected chi connectivity index (χ4v) is 2.47. The number of aromatic nitrogens is 1. The van der Waals surface area contributed by atoms with Crippen molar-refractivity contribution in [3.63, 3.8) is 0 Å². The molecule has 0 saturated carbocycles. The summed E-state index contributed by atoms with van der Waals surface area (Å²) in [4.78, 5) is 17.7.